The second-order valence-corrected chi connectivity index (χ2v) is 4.64. The average Bonchev–Trinajstić information content (AvgIpc) is 2.66. The van der Waals surface area contributed by atoms with E-state index in [1.807, 2.05) is 6.92 Å². The first-order valence-electron chi connectivity index (χ1n) is 5.72. The largest absolute Gasteiger partial charge is 0.484 e. The van der Waals surface area contributed by atoms with Crippen molar-refractivity contribution in [3.63, 3.8) is 0 Å². The molecule has 0 radical (unpaired) electrons. The lowest BCUT2D eigenvalue weighted by Crippen LogP contribution is -1.94. The molecule has 0 aromatic carbocycles. The van der Waals surface area contributed by atoms with Crippen LogP contribution in [0.3, 0.4) is 0 Å². The van der Waals surface area contributed by atoms with Gasteiger partial charge in [0.05, 0.1) is 6.61 Å². The zero-order valence-corrected chi connectivity index (χ0v) is 10.5. The lowest BCUT2D eigenvalue weighted by atomic mass is 10.2. The summed E-state index contributed by atoms with van der Waals surface area (Å²) in [5, 5.41) is 1.04. The Morgan fingerprint density at radius 1 is 1.27 bits per heavy atom. The average molecular weight is 224 g/mol. The fraction of sp³-hybridized carbons (Fsp3) is 0.538. The van der Waals surface area contributed by atoms with E-state index in [1.165, 1.54) is 30.6 Å². The van der Waals surface area contributed by atoms with Crippen LogP contribution in [0.15, 0.2) is 18.2 Å². The summed E-state index contributed by atoms with van der Waals surface area (Å²) in [5.41, 5.74) is 0. The first-order valence-corrected chi connectivity index (χ1v) is 6.53. The maximum atomic E-state index is 5.66. The minimum atomic E-state index is 0.857. The van der Waals surface area contributed by atoms with Crippen molar-refractivity contribution in [3.8, 4) is 5.06 Å². The van der Waals surface area contributed by atoms with Crippen LogP contribution in [0, 0.1) is 0 Å². The predicted octanol–water partition coefficient (Wildman–Crippen LogP) is 4.74. The van der Waals surface area contributed by atoms with E-state index < -0.39 is 0 Å². The highest BCUT2D eigenvalue weighted by molar-refractivity contribution is 7.14. The van der Waals surface area contributed by atoms with Gasteiger partial charge in [0.25, 0.3) is 0 Å². The van der Waals surface area contributed by atoms with Crippen molar-refractivity contribution < 1.29 is 4.74 Å². The first-order chi connectivity index (χ1) is 7.36. The molecular weight excluding hydrogens is 204 g/mol. The summed E-state index contributed by atoms with van der Waals surface area (Å²) in [6.45, 7) is 5.12. The smallest absolute Gasteiger partial charge is 0.174 e. The number of rotatable bonds is 7. The van der Waals surface area contributed by atoms with Crippen LogP contribution in [-0.4, -0.2) is 6.61 Å². The molecule has 2 heteroatoms. The van der Waals surface area contributed by atoms with Gasteiger partial charge >= 0.3 is 0 Å². The molecule has 15 heavy (non-hydrogen) atoms. The molecule has 0 saturated carbocycles. The van der Waals surface area contributed by atoms with E-state index in [-0.39, 0.29) is 0 Å². The molecule has 0 aliphatic rings. The van der Waals surface area contributed by atoms with Crippen LogP contribution < -0.4 is 4.74 Å². The highest BCUT2D eigenvalue weighted by atomic mass is 32.1. The Hall–Kier alpha value is -0.760. The Kier molecular flexibility index (Phi) is 6.17. The van der Waals surface area contributed by atoms with Crippen molar-refractivity contribution in [1.29, 1.82) is 0 Å². The van der Waals surface area contributed by atoms with E-state index in [9.17, 15) is 0 Å². The zero-order valence-electron chi connectivity index (χ0n) is 9.66. The second kappa shape index (κ2) is 7.52. The maximum absolute atomic E-state index is 5.66. The van der Waals surface area contributed by atoms with E-state index in [2.05, 4.69) is 31.2 Å². The highest BCUT2D eigenvalue weighted by Gasteiger charge is 1.97. The van der Waals surface area contributed by atoms with Crippen LogP contribution in [0.5, 0.6) is 5.06 Å². The van der Waals surface area contributed by atoms with Crippen LogP contribution in [-0.2, 0) is 0 Å². The normalized spacial score (nSPS) is 11.1. The van der Waals surface area contributed by atoms with Crippen LogP contribution in [0.25, 0.3) is 6.08 Å². The number of hydrogen-bond acceptors (Lipinski definition) is 2. The molecule has 0 aliphatic heterocycles. The van der Waals surface area contributed by atoms with Gasteiger partial charge in [0.1, 0.15) is 0 Å². The van der Waals surface area contributed by atoms with Gasteiger partial charge in [0.15, 0.2) is 5.06 Å². The molecule has 84 valence electrons. The Labute approximate surface area is 96.8 Å². The topological polar surface area (TPSA) is 9.23 Å². The number of allylic oxidation sites excluding steroid dienone is 1. The summed E-state index contributed by atoms with van der Waals surface area (Å²) in [6.07, 6.45) is 9.21. The molecule has 0 spiro atoms. The molecular formula is C13H20OS. The number of thiophene rings is 1. The Morgan fingerprint density at radius 2 is 2.13 bits per heavy atom. The fourth-order valence-corrected chi connectivity index (χ4v) is 2.22. The summed E-state index contributed by atoms with van der Waals surface area (Å²) < 4.78 is 5.66. The molecule has 1 aromatic rings. The molecule has 0 saturated heterocycles. The maximum Gasteiger partial charge on any atom is 0.174 e. The summed E-state index contributed by atoms with van der Waals surface area (Å²) in [5.74, 6) is 0. The molecule has 0 bridgehead atoms. The van der Waals surface area contributed by atoms with E-state index in [1.54, 1.807) is 11.3 Å². The molecule has 0 amide bonds. The molecule has 1 nitrogen and oxygen atoms in total. The van der Waals surface area contributed by atoms with Crippen LogP contribution >= 0.6 is 11.3 Å². The SMILES string of the molecule is CC=Cc1ccc(OCCCCCC)s1. The van der Waals surface area contributed by atoms with E-state index in [4.69, 9.17) is 4.74 Å². The Morgan fingerprint density at radius 3 is 2.87 bits per heavy atom. The zero-order chi connectivity index (χ0) is 10.9. The van der Waals surface area contributed by atoms with Crippen LogP contribution in [0.2, 0.25) is 0 Å². The van der Waals surface area contributed by atoms with Gasteiger partial charge in [0.2, 0.25) is 0 Å². The van der Waals surface area contributed by atoms with Gasteiger partial charge in [-0.15, -0.1) is 0 Å². The van der Waals surface area contributed by atoms with Gasteiger partial charge in [-0.3, -0.25) is 0 Å². The minimum Gasteiger partial charge on any atom is -0.484 e. The van der Waals surface area contributed by atoms with Crippen molar-refractivity contribution in [1.82, 2.24) is 0 Å². The van der Waals surface area contributed by atoms with E-state index in [0.717, 1.165) is 11.7 Å². The van der Waals surface area contributed by atoms with Gasteiger partial charge in [-0.25, -0.2) is 0 Å². The first kappa shape index (κ1) is 12.3. The van der Waals surface area contributed by atoms with Crippen LogP contribution in [0.1, 0.15) is 44.4 Å². The van der Waals surface area contributed by atoms with Gasteiger partial charge in [-0.1, -0.05) is 43.6 Å². The van der Waals surface area contributed by atoms with Gasteiger partial charge in [0, 0.05) is 4.88 Å². The standard InChI is InChI=1S/C13H20OS/c1-3-5-6-7-11-14-13-10-9-12(15-13)8-4-2/h4,8-10H,3,5-7,11H2,1-2H3. The van der Waals surface area contributed by atoms with Gasteiger partial charge < -0.3 is 4.74 Å². The van der Waals surface area contributed by atoms with Crippen molar-refractivity contribution in [2.45, 2.75) is 39.5 Å². The van der Waals surface area contributed by atoms with E-state index >= 15 is 0 Å². The quantitative estimate of drug-likeness (QED) is 0.608. The molecule has 0 atom stereocenters. The number of ether oxygens (including phenoxy) is 1. The van der Waals surface area contributed by atoms with Crippen LogP contribution in [0.4, 0.5) is 0 Å². The highest BCUT2D eigenvalue weighted by Crippen LogP contribution is 2.25. The predicted molar refractivity (Wildman–Crippen MR) is 68.7 cm³/mol. The molecule has 0 unspecified atom stereocenters. The van der Waals surface area contributed by atoms with E-state index in [0.29, 0.717) is 0 Å². The molecule has 1 heterocycles. The molecule has 0 N–H and O–H groups in total. The number of hydrogen-bond donors (Lipinski definition) is 0. The van der Waals surface area contributed by atoms with Gasteiger partial charge in [-0.05, 0) is 31.6 Å². The molecule has 1 aromatic heterocycles. The fourth-order valence-electron chi connectivity index (χ4n) is 1.37. The third-order valence-electron chi connectivity index (χ3n) is 2.18. The minimum absolute atomic E-state index is 0.857. The monoisotopic (exact) mass is 224 g/mol. The van der Waals surface area contributed by atoms with Crippen molar-refractivity contribution in [2.75, 3.05) is 6.61 Å². The molecule has 1 rings (SSSR count). The number of unbranched alkanes of at least 4 members (excludes halogenated alkanes) is 3. The summed E-state index contributed by atoms with van der Waals surface area (Å²) in [4.78, 5) is 1.26. The Balaban J connectivity index is 2.19. The lowest BCUT2D eigenvalue weighted by molar-refractivity contribution is 0.313. The van der Waals surface area contributed by atoms with Crippen molar-refractivity contribution in [3.05, 3.63) is 23.1 Å². The summed E-state index contributed by atoms with van der Waals surface area (Å²) >= 11 is 1.71. The lowest BCUT2D eigenvalue weighted by Gasteiger charge is -2.01. The second-order valence-electron chi connectivity index (χ2n) is 3.57. The third kappa shape index (κ3) is 5.03. The summed E-state index contributed by atoms with van der Waals surface area (Å²) in [6, 6.07) is 4.16. The Bertz CT molecular complexity index is 288. The summed E-state index contributed by atoms with van der Waals surface area (Å²) in [7, 11) is 0. The van der Waals surface area contributed by atoms with Crippen molar-refractivity contribution >= 4 is 17.4 Å². The molecule has 0 fully saturated rings. The van der Waals surface area contributed by atoms with Crippen molar-refractivity contribution in [2.24, 2.45) is 0 Å². The molecule has 0 aliphatic carbocycles. The third-order valence-corrected chi connectivity index (χ3v) is 3.14. The van der Waals surface area contributed by atoms with Gasteiger partial charge in [-0.2, -0.15) is 0 Å².